The number of aromatic carboxylic acids is 1. The minimum atomic E-state index is -1.36. The summed E-state index contributed by atoms with van der Waals surface area (Å²) in [6.45, 7) is 1.71. The van der Waals surface area contributed by atoms with Gasteiger partial charge in [0, 0.05) is 24.8 Å². The topological polar surface area (TPSA) is 128 Å². The first-order chi connectivity index (χ1) is 13.3. The smallest absolute Gasteiger partial charge is 0.335 e. The molecule has 0 aromatic heterocycles. The quantitative estimate of drug-likeness (QED) is 0.525. The van der Waals surface area contributed by atoms with Crippen LogP contribution in [0.25, 0.3) is 0 Å². The molecular weight excluding hydrogens is 368 g/mol. The number of hydrogen-bond donors (Lipinski definition) is 2. The van der Waals surface area contributed by atoms with Crippen LogP contribution in [0.15, 0.2) is 42.5 Å². The third-order valence-electron chi connectivity index (χ3n) is 4.15. The van der Waals surface area contributed by atoms with Gasteiger partial charge in [-0.3, -0.25) is 14.9 Å². The molecule has 28 heavy (non-hydrogen) atoms. The summed E-state index contributed by atoms with van der Waals surface area (Å²) in [7, 11) is 3.05. The van der Waals surface area contributed by atoms with Crippen molar-refractivity contribution in [1.82, 2.24) is 5.32 Å². The second-order valence-electron chi connectivity index (χ2n) is 6.02. The van der Waals surface area contributed by atoms with Crippen LogP contribution in [0.4, 0.5) is 5.69 Å². The Hall–Kier alpha value is -3.46. The number of nitrogens with zero attached hydrogens (tertiary/aromatic N) is 1. The van der Waals surface area contributed by atoms with Gasteiger partial charge >= 0.3 is 5.97 Å². The molecule has 148 valence electrons. The van der Waals surface area contributed by atoms with Gasteiger partial charge in [-0.2, -0.15) is 0 Å². The van der Waals surface area contributed by atoms with Crippen molar-refractivity contribution in [3.63, 3.8) is 0 Å². The Morgan fingerprint density at radius 2 is 1.71 bits per heavy atom. The van der Waals surface area contributed by atoms with Gasteiger partial charge in [0.15, 0.2) is 0 Å². The summed E-state index contributed by atoms with van der Waals surface area (Å²) in [5, 5.41) is 22.8. The summed E-state index contributed by atoms with van der Waals surface area (Å²) >= 11 is 0. The Labute approximate surface area is 161 Å². The van der Waals surface area contributed by atoms with Crippen molar-refractivity contribution in [1.29, 1.82) is 0 Å². The summed E-state index contributed by atoms with van der Waals surface area (Å²) in [6, 6.07) is 9.63. The lowest BCUT2D eigenvalue weighted by Gasteiger charge is -2.24. The number of non-ortho nitro benzene ring substituents is 1. The molecule has 0 saturated heterocycles. The first kappa shape index (κ1) is 20.8. The average molecular weight is 388 g/mol. The second-order valence-corrected chi connectivity index (χ2v) is 6.02. The van der Waals surface area contributed by atoms with Crippen LogP contribution in [0.2, 0.25) is 0 Å². The second kappa shape index (κ2) is 8.96. The number of carboxylic acid groups (broad SMARTS) is 1. The SMILES string of the molecule is COc1ccc(C(OC)C(C)NC(=O)c2cc(C(=O)O)cc([N+](=O)[O-])c2)cc1. The van der Waals surface area contributed by atoms with Crippen molar-refractivity contribution >= 4 is 17.6 Å². The first-order valence-corrected chi connectivity index (χ1v) is 8.27. The van der Waals surface area contributed by atoms with Gasteiger partial charge in [-0.25, -0.2) is 4.79 Å². The molecule has 0 heterocycles. The molecule has 2 N–H and O–H groups in total. The zero-order chi connectivity index (χ0) is 20.8. The van der Waals surface area contributed by atoms with E-state index in [-0.39, 0.29) is 11.1 Å². The Morgan fingerprint density at radius 1 is 1.11 bits per heavy atom. The fraction of sp³-hybridized carbons (Fsp3) is 0.263. The molecule has 0 bridgehead atoms. The number of ether oxygens (including phenoxy) is 2. The minimum Gasteiger partial charge on any atom is -0.497 e. The Morgan fingerprint density at radius 3 is 2.21 bits per heavy atom. The zero-order valence-electron chi connectivity index (χ0n) is 15.5. The van der Waals surface area contributed by atoms with Gasteiger partial charge in [0.05, 0.1) is 23.6 Å². The van der Waals surface area contributed by atoms with Gasteiger partial charge in [-0.05, 0) is 30.7 Å². The molecule has 0 aliphatic rings. The maximum atomic E-state index is 12.6. The molecule has 0 aliphatic heterocycles. The van der Waals surface area contributed by atoms with E-state index in [1.807, 2.05) is 0 Å². The lowest BCUT2D eigenvalue weighted by Crippen LogP contribution is -2.37. The molecule has 0 saturated carbocycles. The van der Waals surface area contributed by atoms with E-state index >= 15 is 0 Å². The Kier molecular flexibility index (Phi) is 6.67. The van der Waals surface area contributed by atoms with Crippen molar-refractivity contribution in [2.45, 2.75) is 19.1 Å². The lowest BCUT2D eigenvalue weighted by atomic mass is 10.0. The monoisotopic (exact) mass is 388 g/mol. The normalized spacial score (nSPS) is 12.7. The average Bonchev–Trinajstić information content (AvgIpc) is 2.68. The number of carbonyl (C=O) groups is 2. The van der Waals surface area contributed by atoms with Crippen LogP contribution in [0.1, 0.15) is 39.3 Å². The molecule has 9 heteroatoms. The number of hydrogen-bond acceptors (Lipinski definition) is 6. The number of methoxy groups -OCH3 is 2. The van der Waals surface area contributed by atoms with E-state index in [0.29, 0.717) is 5.75 Å². The molecule has 0 aliphatic carbocycles. The van der Waals surface area contributed by atoms with Crippen molar-refractivity contribution < 1.29 is 29.1 Å². The first-order valence-electron chi connectivity index (χ1n) is 8.27. The predicted octanol–water partition coefficient (Wildman–Crippen LogP) is 2.81. The minimum absolute atomic E-state index is 0.122. The standard InChI is InChI=1S/C19H20N2O7/c1-11(17(28-3)12-4-6-16(27-2)7-5-12)20-18(22)13-8-14(19(23)24)10-15(9-13)21(25)26/h4-11,17H,1-3H3,(H,20,22)(H,23,24). The number of rotatable bonds is 8. The summed E-state index contributed by atoms with van der Waals surface area (Å²) in [6.07, 6.45) is -0.493. The molecule has 2 atom stereocenters. The van der Waals surface area contributed by atoms with Crippen LogP contribution >= 0.6 is 0 Å². The van der Waals surface area contributed by atoms with Crippen molar-refractivity contribution in [2.24, 2.45) is 0 Å². The van der Waals surface area contributed by atoms with Crippen molar-refractivity contribution in [2.75, 3.05) is 14.2 Å². The highest BCUT2D eigenvalue weighted by Crippen LogP contribution is 2.24. The third-order valence-corrected chi connectivity index (χ3v) is 4.15. The summed E-state index contributed by atoms with van der Waals surface area (Å²) in [5.74, 6) is -1.33. The van der Waals surface area contributed by atoms with E-state index in [0.717, 1.165) is 23.8 Å². The number of carbonyl (C=O) groups excluding carboxylic acids is 1. The highest BCUT2D eigenvalue weighted by Gasteiger charge is 2.23. The van der Waals surface area contributed by atoms with E-state index in [4.69, 9.17) is 14.6 Å². The highest BCUT2D eigenvalue weighted by molar-refractivity contribution is 5.98. The molecule has 0 fully saturated rings. The zero-order valence-corrected chi connectivity index (χ0v) is 15.5. The largest absolute Gasteiger partial charge is 0.497 e. The van der Waals surface area contributed by atoms with E-state index in [2.05, 4.69) is 5.32 Å². The van der Waals surface area contributed by atoms with Gasteiger partial charge in [0.2, 0.25) is 0 Å². The fourth-order valence-electron chi connectivity index (χ4n) is 2.76. The number of benzene rings is 2. The van der Waals surface area contributed by atoms with E-state index in [1.165, 1.54) is 7.11 Å². The molecule has 2 aromatic carbocycles. The van der Waals surface area contributed by atoms with Crippen LogP contribution in [0, 0.1) is 10.1 Å². The Balaban J connectivity index is 2.24. The molecule has 0 spiro atoms. The molecule has 9 nitrogen and oxygen atoms in total. The number of nitro groups is 1. The van der Waals surface area contributed by atoms with Gasteiger partial charge < -0.3 is 19.9 Å². The summed E-state index contributed by atoms with van der Waals surface area (Å²) in [5.41, 5.74) is -0.147. The van der Waals surface area contributed by atoms with Crippen LogP contribution in [0.5, 0.6) is 5.75 Å². The number of nitrogens with one attached hydrogen (secondary N) is 1. The summed E-state index contributed by atoms with van der Waals surface area (Å²) in [4.78, 5) is 34.0. The van der Waals surface area contributed by atoms with Crippen LogP contribution in [-0.4, -0.2) is 42.2 Å². The van der Waals surface area contributed by atoms with Gasteiger partial charge in [-0.15, -0.1) is 0 Å². The lowest BCUT2D eigenvalue weighted by molar-refractivity contribution is -0.384. The molecule has 1 amide bonds. The van der Waals surface area contributed by atoms with Gasteiger partial charge in [0.1, 0.15) is 11.9 Å². The fourth-order valence-corrected chi connectivity index (χ4v) is 2.76. The van der Waals surface area contributed by atoms with Crippen LogP contribution in [0.3, 0.4) is 0 Å². The van der Waals surface area contributed by atoms with Crippen molar-refractivity contribution in [3.8, 4) is 5.75 Å². The maximum Gasteiger partial charge on any atom is 0.335 e. The van der Waals surface area contributed by atoms with Gasteiger partial charge in [0.25, 0.3) is 11.6 Å². The molecule has 2 aromatic rings. The van der Waals surface area contributed by atoms with E-state index < -0.39 is 34.6 Å². The predicted molar refractivity (Wildman–Crippen MR) is 99.7 cm³/mol. The molecule has 2 rings (SSSR count). The number of carboxylic acids is 1. The van der Waals surface area contributed by atoms with E-state index in [1.54, 1.807) is 38.3 Å². The molecule has 2 unspecified atom stereocenters. The molecular formula is C19H20N2O7. The number of amides is 1. The van der Waals surface area contributed by atoms with Crippen molar-refractivity contribution in [3.05, 3.63) is 69.3 Å². The van der Waals surface area contributed by atoms with Crippen LogP contribution in [-0.2, 0) is 4.74 Å². The Bertz CT molecular complexity index is 848. The highest BCUT2D eigenvalue weighted by atomic mass is 16.6. The third kappa shape index (κ3) is 4.83. The van der Waals surface area contributed by atoms with Gasteiger partial charge in [-0.1, -0.05) is 12.1 Å². The summed E-state index contributed by atoms with van der Waals surface area (Å²) < 4.78 is 10.6. The van der Waals surface area contributed by atoms with E-state index in [9.17, 15) is 19.7 Å². The molecule has 0 radical (unpaired) electrons. The number of nitro benzene ring substituents is 1. The maximum absolute atomic E-state index is 12.6. The van der Waals surface area contributed by atoms with Crippen LogP contribution < -0.4 is 10.1 Å².